The number of aromatic nitrogens is 1. The van der Waals surface area contributed by atoms with Gasteiger partial charge in [-0.25, -0.2) is 4.98 Å². The third kappa shape index (κ3) is 4.11. The lowest BCUT2D eigenvalue weighted by Gasteiger charge is -2.12. The van der Waals surface area contributed by atoms with Crippen molar-refractivity contribution in [1.29, 1.82) is 0 Å². The summed E-state index contributed by atoms with van der Waals surface area (Å²) in [4.78, 5) is 16.8. The first-order chi connectivity index (χ1) is 11.2. The Kier molecular flexibility index (Phi) is 4.93. The van der Waals surface area contributed by atoms with Crippen LogP contribution < -0.4 is 5.32 Å². The summed E-state index contributed by atoms with van der Waals surface area (Å²) in [5.41, 5.74) is 2.05. The molecule has 4 heteroatoms. The Labute approximate surface area is 140 Å². The molecule has 3 nitrogen and oxygen atoms in total. The second-order valence-corrected chi connectivity index (χ2v) is 6.67. The normalized spacial score (nSPS) is 12.0. The van der Waals surface area contributed by atoms with Crippen LogP contribution in [0.25, 0.3) is 10.9 Å². The summed E-state index contributed by atoms with van der Waals surface area (Å²) in [6.07, 6.45) is 0. The van der Waals surface area contributed by atoms with Crippen LogP contribution in [0.3, 0.4) is 0 Å². The van der Waals surface area contributed by atoms with E-state index in [9.17, 15) is 4.79 Å². The number of thioether (sulfide) groups is 1. The maximum absolute atomic E-state index is 12.2. The Morgan fingerprint density at radius 3 is 2.61 bits per heavy atom. The van der Waals surface area contributed by atoms with Gasteiger partial charge in [0.15, 0.2) is 0 Å². The number of hydrogen-bond acceptors (Lipinski definition) is 3. The van der Waals surface area contributed by atoms with Crippen LogP contribution in [0.1, 0.15) is 12.5 Å². The van der Waals surface area contributed by atoms with Crippen LogP contribution in [0.5, 0.6) is 0 Å². The van der Waals surface area contributed by atoms with Crippen molar-refractivity contribution >= 4 is 28.6 Å². The number of nitrogens with zero attached hydrogens (tertiary/aromatic N) is 1. The van der Waals surface area contributed by atoms with Crippen LogP contribution in [0.4, 0.5) is 0 Å². The Morgan fingerprint density at radius 2 is 1.78 bits per heavy atom. The van der Waals surface area contributed by atoms with Crippen molar-refractivity contribution in [3.05, 3.63) is 72.3 Å². The van der Waals surface area contributed by atoms with E-state index in [-0.39, 0.29) is 11.2 Å². The zero-order chi connectivity index (χ0) is 16.1. The standard InChI is InChI=1S/C19H18N2OS/c1-14(19(22)20-13-15-7-3-2-4-8-15)23-18-12-11-16-9-5-6-10-17(16)21-18/h2-12,14H,13H2,1H3,(H,20,22)/t14-/m1/s1. The highest BCUT2D eigenvalue weighted by Gasteiger charge is 2.14. The van der Waals surface area contributed by atoms with Gasteiger partial charge >= 0.3 is 0 Å². The summed E-state index contributed by atoms with van der Waals surface area (Å²) in [5.74, 6) is 0.0220. The molecule has 0 bridgehead atoms. The monoisotopic (exact) mass is 322 g/mol. The molecule has 1 atom stereocenters. The molecular formula is C19H18N2OS. The average molecular weight is 322 g/mol. The highest BCUT2D eigenvalue weighted by molar-refractivity contribution is 8.00. The van der Waals surface area contributed by atoms with Crippen LogP contribution in [0.2, 0.25) is 0 Å². The third-order valence-electron chi connectivity index (χ3n) is 3.55. The van der Waals surface area contributed by atoms with Crippen LogP contribution in [0.15, 0.2) is 71.8 Å². The molecule has 0 saturated heterocycles. The fourth-order valence-electron chi connectivity index (χ4n) is 2.28. The third-order valence-corrected chi connectivity index (χ3v) is 4.59. The zero-order valence-corrected chi connectivity index (χ0v) is 13.7. The van der Waals surface area contributed by atoms with Crippen LogP contribution >= 0.6 is 11.8 Å². The van der Waals surface area contributed by atoms with Gasteiger partial charge in [0.05, 0.1) is 15.8 Å². The summed E-state index contributed by atoms with van der Waals surface area (Å²) in [6.45, 7) is 2.46. The molecule has 2 aromatic carbocycles. The van der Waals surface area contributed by atoms with E-state index in [0.717, 1.165) is 21.5 Å². The van der Waals surface area contributed by atoms with Crippen molar-refractivity contribution in [2.24, 2.45) is 0 Å². The van der Waals surface area contributed by atoms with E-state index in [4.69, 9.17) is 0 Å². The Bertz CT molecular complexity index is 805. The Morgan fingerprint density at radius 1 is 1.04 bits per heavy atom. The van der Waals surface area contributed by atoms with Crippen LogP contribution in [-0.2, 0) is 11.3 Å². The number of benzene rings is 2. The maximum atomic E-state index is 12.2. The molecule has 0 fully saturated rings. The molecule has 0 unspecified atom stereocenters. The van der Waals surface area contributed by atoms with Crippen molar-refractivity contribution < 1.29 is 4.79 Å². The highest BCUT2D eigenvalue weighted by Crippen LogP contribution is 2.24. The molecule has 1 heterocycles. The molecule has 116 valence electrons. The van der Waals surface area contributed by atoms with Crippen LogP contribution in [0, 0.1) is 0 Å². The lowest BCUT2D eigenvalue weighted by molar-refractivity contribution is -0.120. The number of hydrogen-bond donors (Lipinski definition) is 1. The van der Waals surface area contributed by atoms with Crippen molar-refractivity contribution in [1.82, 2.24) is 10.3 Å². The van der Waals surface area contributed by atoms with E-state index in [1.165, 1.54) is 11.8 Å². The average Bonchev–Trinajstić information content (AvgIpc) is 2.60. The molecule has 0 radical (unpaired) electrons. The van der Waals surface area contributed by atoms with Gasteiger partial charge in [-0.05, 0) is 24.6 Å². The van der Waals surface area contributed by atoms with E-state index in [1.807, 2.05) is 73.7 Å². The number of nitrogens with one attached hydrogen (secondary N) is 1. The van der Waals surface area contributed by atoms with Crippen molar-refractivity contribution in [3.63, 3.8) is 0 Å². The molecule has 0 aliphatic carbocycles. The van der Waals surface area contributed by atoms with Crippen molar-refractivity contribution in [3.8, 4) is 0 Å². The van der Waals surface area contributed by atoms with Gasteiger partial charge in [-0.1, -0.05) is 66.4 Å². The largest absolute Gasteiger partial charge is 0.351 e. The number of amides is 1. The minimum Gasteiger partial charge on any atom is -0.351 e. The van der Waals surface area contributed by atoms with Gasteiger partial charge in [-0.2, -0.15) is 0 Å². The first kappa shape index (κ1) is 15.6. The van der Waals surface area contributed by atoms with Crippen molar-refractivity contribution in [2.45, 2.75) is 23.7 Å². The number of carbonyl (C=O) groups excluding carboxylic acids is 1. The number of para-hydroxylation sites is 1. The summed E-state index contributed by atoms with van der Waals surface area (Å²) >= 11 is 1.48. The predicted molar refractivity (Wildman–Crippen MR) is 95.4 cm³/mol. The van der Waals surface area contributed by atoms with Gasteiger partial charge in [0.2, 0.25) is 5.91 Å². The maximum Gasteiger partial charge on any atom is 0.233 e. The van der Waals surface area contributed by atoms with Gasteiger partial charge in [-0.3, -0.25) is 4.79 Å². The first-order valence-corrected chi connectivity index (χ1v) is 8.44. The van der Waals surface area contributed by atoms with E-state index in [2.05, 4.69) is 10.3 Å². The number of carbonyl (C=O) groups is 1. The SMILES string of the molecule is C[C@@H](Sc1ccc2ccccc2n1)C(=O)NCc1ccccc1. The molecule has 0 aliphatic rings. The minimum atomic E-state index is -0.188. The molecule has 1 amide bonds. The fourth-order valence-corrected chi connectivity index (χ4v) is 3.13. The minimum absolute atomic E-state index is 0.0220. The highest BCUT2D eigenvalue weighted by atomic mass is 32.2. The predicted octanol–water partition coefficient (Wildman–Crippen LogP) is 4.03. The van der Waals surface area contributed by atoms with E-state index >= 15 is 0 Å². The fraction of sp³-hybridized carbons (Fsp3) is 0.158. The summed E-state index contributed by atoms with van der Waals surface area (Å²) in [6, 6.07) is 21.9. The number of rotatable bonds is 5. The van der Waals surface area contributed by atoms with Crippen molar-refractivity contribution in [2.75, 3.05) is 0 Å². The molecule has 3 rings (SSSR count). The van der Waals surface area contributed by atoms with E-state index < -0.39 is 0 Å². The molecule has 0 aliphatic heterocycles. The second kappa shape index (κ2) is 7.29. The smallest absolute Gasteiger partial charge is 0.233 e. The van der Waals surface area contributed by atoms with Gasteiger partial charge < -0.3 is 5.32 Å². The lowest BCUT2D eigenvalue weighted by atomic mass is 10.2. The molecule has 1 N–H and O–H groups in total. The Hall–Kier alpha value is -2.33. The van der Waals surface area contributed by atoms with Gasteiger partial charge in [0.1, 0.15) is 0 Å². The quantitative estimate of drug-likeness (QED) is 0.721. The number of pyridine rings is 1. The molecule has 0 saturated carbocycles. The summed E-state index contributed by atoms with van der Waals surface area (Å²) < 4.78 is 0. The summed E-state index contributed by atoms with van der Waals surface area (Å²) in [7, 11) is 0. The molecular weight excluding hydrogens is 304 g/mol. The van der Waals surface area contributed by atoms with Crippen LogP contribution in [-0.4, -0.2) is 16.1 Å². The number of fused-ring (bicyclic) bond motifs is 1. The van der Waals surface area contributed by atoms with Gasteiger partial charge in [-0.15, -0.1) is 0 Å². The molecule has 1 aromatic heterocycles. The zero-order valence-electron chi connectivity index (χ0n) is 12.9. The molecule has 0 spiro atoms. The van der Waals surface area contributed by atoms with Gasteiger partial charge in [0, 0.05) is 11.9 Å². The molecule has 23 heavy (non-hydrogen) atoms. The summed E-state index contributed by atoms with van der Waals surface area (Å²) in [5, 5.41) is 4.76. The second-order valence-electron chi connectivity index (χ2n) is 5.31. The van der Waals surface area contributed by atoms with Gasteiger partial charge in [0.25, 0.3) is 0 Å². The Balaban J connectivity index is 1.60. The van der Waals surface area contributed by atoms with E-state index in [0.29, 0.717) is 6.54 Å². The molecule has 3 aromatic rings. The lowest BCUT2D eigenvalue weighted by Crippen LogP contribution is -2.30. The van der Waals surface area contributed by atoms with E-state index in [1.54, 1.807) is 0 Å². The topological polar surface area (TPSA) is 42.0 Å². The first-order valence-electron chi connectivity index (χ1n) is 7.56.